The summed E-state index contributed by atoms with van der Waals surface area (Å²) in [6, 6.07) is 12.1. The number of benzene rings is 1. The first-order valence-electron chi connectivity index (χ1n) is 9.72. The van der Waals surface area contributed by atoms with Crippen molar-refractivity contribution in [1.29, 1.82) is 0 Å². The number of nitrogens with one attached hydrogen (secondary N) is 1. The molecule has 1 aliphatic rings. The predicted molar refractivity (Wildman–Crippen MR) is 132 cm³/mol. The maximum atomic E-state index is 11.4. The number of hydrazine groups is 1. The number of nitrogens with two attached hydrogens (primary N) is 1. The molecule has 0 spiro atoms. The number of aryl methyl sites for hydroxylation is 2. The number of carbonyl (C=O) groups is 2. The molecule has 0 unspecified atom stereocenters. The standard InChI is InChI=1S/C21H27N5O3.3ClH/c1-16(27)25-9-11-26(12-10-25)20-8-7-19(23-14-20)6-5-17-3-2-4-18(13-17)15-29-21(28)24-22;;;/h2-4,7-8,13-14H,5-6,9-12,15,22H2,1H3,(H,24,28);3*1H. The monoisotopic (exact) mass is 505 g/mol. The molecule has 8 nitrogen and oxygen atoms in total. The highest BCUT2D eigenvalue weighted by Crippen LogP contribution is 2.17. The lowest BCUT2D eigenvalue weighted by molar-refractivity contribution is -0.129. The Morgan fingerprint density at radius 3 is 2.31 bits per heavy atom. The summed E-state index contributed by atoms with van der Waals surface area (Å²) in [6.45, 7) is 4.97. The maximum Gasteiger partial charge on any atom is 0.421 e. The Balaban J connectivity index is 0.00000320. The molecule has 1 fully saturated rings. The van der Waals surface area contributed by atoms with E-state index in [0.717, 1.165) is 61.5 Å². The Hall–Kier alpha value is -2.26. The van der Waals surface area contributed by atoms with Crippen LogP contribution in [0.3, 0.4) is 0 Å². The highest BCUT2D eigenvalue weighted by atomic mass is 35.5. The number of halogens is 3. The number of anilines is 1. The summed E-state index contributed by atoms with van der Waals surface area (Å²) in [5.74, 6) is 5.14. The number of ether oxygens (including phenoxy) is 1. The van der Waals surface area contributed by atoms with E-state index in [1.54, 1.807) is 6.92 Å². The van der Waals surface area contributed by atoms with Crippen molar-refractivity contribution in [3.8, 4) is 0 Å². The summed E-state index contributed by atoms with van der Waals surface area (Å²) in [4.78, 5) is 31.3. The number of aromatic nitrogens is 1. The number of hydrogen-bond acceptors (Lipinski definition) is 6. The Bertz CT molecular complexity index is 847. The van der Waals surface area contributed by atoms with Gasteiger partial charge in [-0.25, -0.2) is 10.6 Å². The molecule has 0 aliphatic carbocycles. The minimum atomic E-state index is -0.651. The second-order valence-corrected chi connectivity index (χ2v) is 7.04. The quantitative estimate of drug-likeness (QED) is 0.355. The first-order valence-corrected chi connectivity index (χ1v) is 9.72. The molecule has 1 aromatic carbocycles. The molecule has 2 amide bonds. The van der Waals surface area contributed by atoms with Crippen LogP contribution in [0, 0.1) is 0 Å². The summed E-state index contributed by atoms with van der Waals surface area (Å²) in [5.41, 5.74) is 6.14. The Morgan fingerprint density at radius 2 is 1.72 bits per heavy atom. The number of hydrogen-bond donors (Lipinski definition) is 2. The third-order valence-electron chi connectivity index (χ3n) is 5.05. The predicted octanol–water partition coefficient (Wildman–Crippen LogP) is 2.90. The molecule has 3 rings (SSSR count). The number of pyridine rings is 1. The zero-order chi connectivity index (χ0) is 20.6. The van der Waals surface area contributed by atoms with Crippen LogP contribution in [-0.4, -0.2) is 48.1 Å². The normalized spacial score (nSPS) is 12.6. The third kappa shape index (κ3) is 8.70. The van der Waals surface area contributed by atoms with E-state index in [2.05, 4.69) is 28.1 Å². The van der Waals surface area contributed by atoms with Crippen LogP contribution >= 0.6 is 37.2 Å². The van der Waals surface area contributed by atoms with E-state index in [1.807, 2.05) is 34.7 Å². The number of carbonyl (C=O) groups excluding carboxylic acids is 2. The van der Waals surface area contributed by atoms with Crippen molar-refractivity contribution in [2.24, 2.45) is 5.84 Å². The highest BCUT2D eigenvalue weighted by Gasteiger charge is 2.18. The summed E-state index contributed by atoms with van der Waals surface area (Å²) in [5, 5.41) is 0. The van der Waals surface area contributed by atoms with E-state index in [0.29, 0.717) is 0 Å². The van der Waals surface area contributed by atoms with Crippen LogP contribution in [-0.2, 0) is 29.0 Å². The highest BCUT2D eigenvalue weighted by molar-refractivity contribution is 5.86. The average molecular weight is 507 g/mol. The van der Waals surface area contributed by atoms with Gasteiger partial charge in [0.15, 0.2) is 0 Å². The van der Waals surface area contributed by atoms with E-state index >= 15 is 0 Å². The Morgan fingerprint density at radius 1 is 1.03 bits per heavy atom. The first kappa shape index (κ1) is 29.7. The lowest BCUT2D eigenvalue weighted by Gasteiger charge is -2.35. The second-order valence-electron chi connectivity index (χ2n) is 7.04. The molecule has 2 heterocycles. The van der Waals surface area contributed by atoms with E-state index in [4.69, 9.17) is 10.6 Å². The molecule has 178 valence electrons. The van der Waals surface area contributed by atoms with Crippen molar-refractivity contribution in [3.05, 3.63) is 59.4 Å². The zero-order valence-electron chi connectivity index (χ0n) is 17.9. The van der Waals surface area contributed by atoms with Gasteiger partial charge in [0.05, 0.1) is 11.9 Å². The summed E-state index contributed by atoms with van der Waals surface area (Å²) < 4.78 is 4.97. The summed E-state index contributed by atoms with van der Waals surface area (Å²) >= 11 is 0. The second kappa shape index (κ2) is 14.7. The fraction of sp³-hybridized carbons (Fsp3) is 0.381. The number of amides is 2. The van der Waals surface area contributed by atoms with Crippen molar-refractivity contribution < 1.29 is 14.3 Å². The fourth-order valence-corrected chi connectivity index (χ4v) is 3.37. The molecule has 0 saturated carbocycles. The Kier molecular flexibility index (Phi) is 13.7. The van der Waals surface area contributed by atoms with Crippen LogP contribution in [0.2, 0.25) is 0 Å². The topological polar surface area (TPSA) is 101 Å². The van der Waals surface area contributed by atoms with Gasteiger partial charge in [0.1, 0.15) is 6.61 Å². The molecule has 1 saturated heterocycles. The van der Waals surface area contributed by atoms with Crippen LogP contribution in [0.25, 0.3) is 0 Å². The van der Waals surface area contributed by atoms with E-state index in [1.165, 1.54) is 0 Å². The molecule has 32 heavy (non-hydrogen) atoms. The maximum absolute atomic E-state index is 11.4. The van der Waals surface area contributed by atoms with Crippen molar-refractivity contribution in [2.75, 3.05) is 31.1 Å². The molecule has 0 bridgehead atoms. The van der Waals surface area contributed by atoms with Gasteiger partial charge in [0, 0.05) is 38.8 Å². The van der Waals surface area contributed by atoms with Gasteiger partial charge in [0.2, 0.25) is 5.91 Å². The first-order chi connectivity index (χ1) is 14.0. The SMILES string of the molecule is CC(=O)N1CCN(c2ccc(CCc3cccc(COC(=O)NN)c3)nc2)CC1.Cl.Cl.Cl. The van der Waals surface area contributed by atoms with Gasteiger partial charge >= 0.3 is 6.09 Å². The van der Waals surface area contributed by atoms with Gasteiger partial charge in [0.25, 0.3) is 0 Å². The molecular weight excluding hydrogens is 477 g/mol. The molecule has 0 atom stereocenters. The van der Waals surface area contributed by atoms with Crippen LogP contribution in [0.1, 0.15) is 23.7 Å². The van der Waals surface area contributed by atoms with Gasteiger partial charge in [-0.15, -0.1) is 37.2 Å². The van der Waals surface area contributed by atoms with Gasteiger partial charge in [-0.2, -0.15) is 0 Å². The number of nitrogens with zero attached hydrogens (tertiary/aromatic N) is 3. The van der Waals surface area contributed by atoms with Crippen LogP contribution in [0.5, 0.6) is 0 Å². The molecule has 0 radical (unpaired) electrons. The summed E-state index contributed by atoms with van der Waals surface area (Å²) in [6.07, 6.45) is 2.93. The van der Waals surface area contributed by atoms with Gasteiger partial charge in [-0.05, 0) is 36.1 Å². The lowest BCUT2D eigenvalue weighted by atomic mass is 10.1. The van der Waals surface area contributed by atoms with Crippen LogP contribution in [0.4, 0.5) is 10.5 Å². The molecule has 1 aliphatic heterocycles. The molecule has 1 aromatic heterocycles. The van der Waals surface area contributed by atoms with E-state index < -0.39 is 6.09 Å². The number of rotatable bonds is 6. The summed E-state index contributed by atoms with van der Waals surface area (Å²) in [7, 11) is 0. The van der Waals surface area contributed by atoms with E-state index in [-0.39, 0.29) is 49.7 Å². The van der Waals surface area contributed by atoms with Crippen LogP contribution in [0.15, 0.2) is 42.6 Å². The van der Waals surface area contributed by atoms with Gasteiger partial charge in [-0.3, -0.25) is 15.2 Å². The average Bonchev–Trinajstić information content (AvgIpc) is 2.76. The Labute approximate surface area is 207 Å². The molecule has 11 heteroatoms. The molecule has 3 N–H and O–H groups in total. The largest absolute Gasteiger partial charge is 0.444 e. The van der Waals surface area contributed by atoms with Crippen LogP contribution < -0.4 is 16.2 Å². The zero-order valence-corrected chi connectivity index (χ0v) is 20.3. The van der Waals surface area contributed by atoms with E-state index in [9.17, 15) is 9.59 Å². The smallest absolute Gasteiger partial charge is 0.421 e. The third-order valence-corrected chi connectivity index (χ3v) is 5.05. The fourth-order valence-electron chi connectivity index (χ4n) is 3.37. The number of piperazine rings is 1. The van der Waals surface area contributed by atoms with Gasteiger partial charge < -0.3 is 14.5 Å². The van der Waals surface area contributed by atoms with Crippen molar-refractivity contribution in [2.45, 2.75) is 26.4 Å². The van der Waals surface area contributed by atoms with Crippen molar-refractivity contribution in [1.82, 2.24) is 15.3 Å². The molecular formula is C21H30Cl3N5O3. The van der Waals surface area contributed by atoms with Crippen molar-refractivity contribution in [3.63, 3.8) is 0 Å². The minimum absolute atomic E-state index is 0. The minimum Gasteiger partial charge on any atom is -0.444 e. The van der Waals surface area contributed by atoms with Crippen molar-refractivity contribution >= 4 is 54.9 Å². The lowest BCUT2D eigenvalue weighted by Crippen LogP contribution is -2.48. The van der Waals surface area contributed by atoms with Gasteiger partial charge in [-0.1, -0.05) is 24.3 Å². The molecule has 2 aromatic rings.